The molecule has 14 heavy (non-hydrogen) atoms. The molecule has 0 aliphatic carbocycles. The standard InChI is InChI=1S/C10H14ClNO2/c1-6-3-10(14)7(4-8(6)11)9(5-13)12-2/h3-4,9,12-14H,5H2,1-2H3/t9-/m1/s1. The summed E-state index contributed by atoms with van der Waals surface area (Å²) in [4.78, 5) is 0. The Kier molecular flexibility index (Phi) is 3.75. The Bertz CT molecular complexity index is 324. The molecule has 78 valence electrons. The fraction of sp³-hybridized carbons (Fsp3) is 0.400. The van der Waals surface area contributed by atoms with E-state index in [1.807, 2.05) is 6.92 Å². The van der Waals surface area contributed by atoms with Crippen LogP contribution in [0.25, 0.3) is 0 Å². The van der Waals surface area contributed by atoms with Gasteiger partial charge in [-0.2, -0.15) is 0 Å². The van der Waals surface area contributed by atoms with E-state index in [1.165, 1.54) is 0 Å². The van der Waals surface area contributed by atoms with E-state index in [-0.39, 0.29) is 18.4 Å². The Morgan fingerprint density at radius 2 is 2.14 bits per heavy atom. The Balaban J connectivity index is 3.14. The smallest absolute Gasteiger partial charge is 0.120 e. The molecule has 3 N–H and O–H groups in total. The van der Waals surface area contributed by atoms with Crippen molar-refractivity contribution in [3.05, 3.63) is 28.3 Å². The average molecular weight is 216 g/mol. The molecular formula is C10H14ClNO2. The number of halogens is 1. The summed E-state index contributed by atoms with van der Waals surface area (Å²) in [5.74, 6) is 0.153. The lowest BCUT2D eigenvalue weighted by Crippen LogP contribution is -2.20. The van der Waals surface area contributed by atoms with E-state index in [4.69, 9.17) is 16.7 Å². The van der Waals surface area contributed by atoms with E-state index in [0.29, 0.717) is 10.6 Å². The van der Waals surface area contributed by atoms with Crippen molar-refractivity contribution in [1.29, 1.82) is 0 Å². The second kappa shape index (κ2) is 4.64. The zero-order chi connectivity index (χ0) is 10.7. The number of aryl methyl sites for hydroxylation is 1. The molecule has 0 aromatic heterocycles. The van der Waals surface area contributed by atoms with Crippen LogP contribution in [0.5, 0.6) is 5.75 Å². The molecule has 1 atom stereocenters. The van der Waals surface area contributed by atoms with Crippen LogP contribution in [0.4, 0.5) is 0 Å². The first-order valence-corrected chi connectivity index (χ1v) is 4.75. The van der Waals surface area contributed by atoms with E-state index in [0.717, 1.165) is 5.56 Å². The van der Waals surface area contributed by atoms with Crippen LogP contribution in [0.2, 0.25) is 5.02 Å². The van der Waals surface area contributed by atoms with Gasteiger partial charge in [0.1, 0.15) is 5.75 Å². The fourth-order valence-electron chi connectivity index (χ4n) is 1.31. The van der Waals surface area contributed by atoms with Crippen LogP contribution >= 0.6 is 11.6 Å². The molecule has 1 rings (SSSR count). The van der Waals surface area contributed by atoms with Gasteiger partial charge in [-0.25, -0.2) is 0 Å². The summed E-state index contributed by atoms with van der Waals surface area (Å²) in [5, 5.41) is 22.2. The highest BCUT2D eigenvalue weighted by molar-refractivity contribution is 6.31. The quantitative estimate of drug-likeness (QED) is 0.718. The second-order valence-electron chi connectivity index (χ2n) is 3.18. The number of likely N-dealkylation sites (N-methyl/N-ethyl adjacent to an activating group) is 1. The van der Waals surface area contributed by atoms with E-state index in [2.05, 4.69) is 5.32 Å². The van der Waals surface area contributed by atoms with Gasteiger partial charge in [-0.15, -0.1) is 0 Å². The molecule has 0 spiro atoms. The van der Waals surface area contributed by atoms with Crippen molar-refractivity contribution in [2.24, 2.45) is 0 Å². The van der Waals surface area contributed by atoms with Crippen LogP contribution in [-0.2, 0) is 0 Å². The maximum absolute atomic E-state index is 9.64. The topological polar surface area (TPSA) is 52.5 Å². The van der Waals surface area contributed by atoms with Crippen molar-refractivity contribution < 1.29 is 10.2 Å². The molecule has 0 aliphatic rings. The van der Waals surface area contributed by atoms with E-state index in [9.17, 15) is 5.11 Å². The maximum Gasteiger partial charge on any atom is 0.120 e. The number of aliphatic hydroxyl groups excluding tert-OH is 1. The zero-order valence-electron chi connectivity index (χ0n) is 8.21. The van der Waals surface area contributed by atoms with Gasteiger partial charge in [-0.05, 0) is 31.7 Å². The largest absolute Gasteiger partial charge is 0.508 e. The number of hydrogen-bond donors (Lipinski definition) is 3. The van der Waals surface area contributed by atoms with Crippen molar-refractivity contribution in [1.82, 2.24) is 5.32 Å². The number of phenols is 1. The molecule has 0 radical (unpaired) electrons. The van der Waals surface area contributed by atoms with Gasteiger partial charge in [0.15, 0.2) is 0 Å². The highest BCUT2D eigenvalue weighted by Crippen LogP contribution is 2.29. The summed E-state index contributed by atoms with van der Waals surface area (Å²) in [6.45, 7) is 1.74. The first-order valence-electron chi connectivity index (χ1n) is 4.37. The predicted octanol–water partition coefficient (Wildman–Crippen LogP) is 1.61. The number of aliphatic hydroxyl groups is 1. The Hall–Kier alpha value is -0.770. The predicted molar refractivity (Wildman–Crippen MR) is 56.7 cm³/mol. The lowest BCUT2D eigenvalue weighted by molar-refractivity contribution is 0.248. The number of benzene rings is 1. The molecule has 3 nitrogen and oxygen atoms in total. The second-order valence-corrected chi connectivity index (χ2v) is 3.59. The van der Waals surface area contributed by atoms with Gasteiger partial charge in [-0.3, -0.25) is 0 Å². The first kappa shape index (κ1) is 11.3. The van der Waals surface area contributed by atoms with Gasteiger partial charge in [-0.1, -0.05) is 11.6 Å². The number of phenolic OH excluding ortho intramolecular Hbond substituents is 1. The summed E-state index contributed by atoms with van der Waals surface area (Å²) in [7, 11) is 1.72. The summed E-state index contributed by atoms with van der Waals surface area (Å²) in [6.07, 6.45) is 0. The van der Waals surface area contributed by atoms with Crippen molar-refractivity contribution in [3.8, 4) is 5.75 Å². The van der Waals surface area contributed by atoms with Crippen LogP contribution in [0.1, 0.15) is 17.2 Å². The lowest BCUT2D eigenvalue weighted by Gasteiger charge is -2.16. The molecule has 0 aliphatic heterocycles. The molecule has 0 heterocycles. The van der Waals surface area contributed by atoms with Crippen LogP contribution in [0.3, 0.4) is 0 Å². The molecule has 0 unspecified atom stereocenters. The number of aromatic hydroxyl groups is 1. The molecule has 0 saturated heterocycles. The minimum absolute atomic E-state index is 0.0799. The Morgan fingerprint density at radius 1 is 1.50 bits per heavy atom. The van der Waals surface area contributed by atoms with Gasteiger partial charge in [0.05, 0.1) is 12.6 Å². The van der Waals surface area contributed by atoms with E-state index >= 15 is 0 Å². The zero-order valence-corrected chi connectivity index (χ0v) is 8.97. The summed E-state index contributed by atoms with van der Waals surface area (Å²) >= 11 is 5.92. The SMILES string of the molecule is CN[C@H](CO)c1cc(Cl)c(C)cc1O. The van der Waals surface area contributed by atoms with Crippen LogP contribution in [0.15, 0.2) is 12.1 Å². The number of hydrogen-bond acceptors (Lipinski definition) is 3. The molecule has 4 heteroatoms. The van der Waals surface area contributed by atoms with Gasteiger partial charge < -0.3 is 15.5 Å². The van der Waals surface area contributed by atoms with E-state index in [1.54, 1.807) is 19.2 Å². The molecule has 1 aromatic carbocycles. The molecule has 0 fully saturated rings. The highest BCUT2D eigenvalue weighted by atomic mass is 35.5. The minimum atomic E-state index is -0.284. The maximum atomic E-state index is 9.64. The Labute approximate surface area is 88.3 Å². The van der Waals surface area contributed by atoms with Crippen molar-refractivity contribution in [3.63, 3.8) is 0 Å². The van der Waals surface area contributed by atoms with Crippen molar-refractivity contribution in [2.75, 3.05) is 13.7 Å². The third kappa shape index (κ3) is 2.18. The summed E-state index contributed by atoms with van der Waals surface area (Å²) < 4.78 is 0. The summed E-state index contributed by atoms with van der Waals surface area (Å²) in [5.41, 5.74) is 1.44. The van der Waals surface area contributed by atoms with Crippen LogP contribution in [0, 0.1) is 6.92 Å². The normalized spacial score (nSPS) is 12.9. The van der Waals surface area contributed by atoms with E-state index < -0.39 is 0 Å². The van der Waals surface area contributed by atoms with Gasteiger partial charge in [0, 0.05) is 10.6 Å². The van der Waals surface area contributed by atoms with Crippen LogP contribution in [-0.4, -0.2) is 23.9 Å². The molecule has 0 amide bonds. The average Bonchev–Trinajstić information content (AvgIpc) is 2.15. The number of nitrogens with one attached hydrogen (secondary N) is 1. The molecule has 0 bridgehead atoms. The first-order chi connectivity index (χ1) is 6.60. The minimum Gasteiger partial charge on any atom is -0.508 e. The third-order valence-electron chi connectivity index (χ3n) is 2.21. The third-order valence-corrected chi connectivity index (χ3v) is 2.62. The monoisotopic (exact) mass is 215 g/mol. The van der Waals surface area contributed by atoms with Gasteiger partial charge >= 0.3 is 0 Å². The van der Waals surface area contributed by atoms with Gasteiger partial charge in [0.2, 0.25) is 0 Å². The van der Waals surface area contributed by atoms with Gasteiger partial charge in [0.25, 0.3) is 0 Å². The Morgan fingerprint density at radius 3 is 2.64 bits per heavy atom. The molecule has 0 saturated carbocycles. The fourth-order valence-corrected chi connectivity index (χ4v) is 1.48. The van der Waals surface area contributed by atoms with Crippen molar-refractivity contribution in [2.45, 2.75) is 13.0 Å². The lowest BCUT2D eigenvalue weighted by atomic mass is 10.0. The number of rotatable bonds is 3. The molecule has 1 aromatic rings. The van der Waals surface area contributed by atoms with Crippen LogP contribution < -0.4 is 5.32 Å². The summed E-state index contributed by atoms with van der Waals surface area (Å²) in [6, 6.07) is 2.98. The molecular weight excluding hydrogens is 202 g/mol. The highest BCUT2D eigenvalue weighted by Gasteiger charge is 2.13. The van der Waals surface area contributed by atoms with Crippen molar-refractivity contribution >= 4 is 11.6 Å².